The Bertz CT molecular complexity index is 1460. The minimum atomic E-state index is -2.87. The van der Waals surface area contributed by atoms with Crippen LogP contribution in [0.15, 0.2) is 12.2 Å². The zero-order valence-electron chi connectivity index (χ0n) is 32.5. The smallest absolute Gasteiger partial charge is 0.309 e. The zero-order chi connectivity index (χ0) is 36.7. The lowest BCUT2D eigenvalue weighted by molar-refractivity contribution is -0.246. The molecule has 1 unspecified atom stereocenters. The van der Waals surface area contributed by atoms with Crippen LogP contribution in [-0.2, 0) is 24.2 Å². The van der Waals surface area contributed by atoms with Crippen molar-refractivity contribution in [3.8, 4) is 0 Å². The fourth-order valence-corrected chi connectivity index (χ4v) is 15.0. The second-order valence-electron chi connectivity index (χ2n) is 20.0. The molecule has 0 spiro atoms. The Morgan fingerprint density at radius 3 is 2.22 bits per heavy atom. The predicted molar refractivity (Wildman–Crippen MR) is 198 cm³/mol. The van der Waals surface area contributed by atoms with Gasteiger partial charge >= 0.3 is 11.9 Å². The van der Waals surface area contributed by atoms with Gasteiger partial charge in [-0.3, -0.25) is 9.59 Å². The van der Waals surface area contributed by atoms with E-state index in [2.05, 4.69) is 58.3 Å². The molecule has 0 bridgehead atoms. The summed E-state index contributed by atoms with van der Waals surface area (Å²) >= 11 is 0. The van der Waals surface area contributed by atoms with E-state index in [0.717, 1.165) is 32.4 Å². The summed E-state index contributed by atoms with van der Waals surface area (Å²) < 4.78 is 30.2. The highest BCUT2D eigenvalue weighted by Gasteiger charge is 2.71. The van der Waals surface area contributed by atoms with Gasteiger partial charge in [-0.2, -0.15) is 0 Å². The van der Waals surface area contributed by atoms with Crippen LogP contribution in [0.2, 0.25) is 0 Å². The summed E-state index contributed by atoms with van der Waals surface area (Å²) in [5, 5.41) is 13.8. The third-order valence-corrected chi connectivity index (χ3v) is 18.4. The van der Waals surface area contributed by atoms with Crippen LogP contribution in [0.3, 0.4) is 0 Å². The molecule has 284 valence electrons. The summed E-state index contributed by atoms with van der Waals surface area (Å²) in [5.41, 5.74) is 0.753. The maximum Gasteiger partial charge on any atom is 0.309 e. The van der Waals surface area contributed by atoms with Gasteiger partial charge in [0.05, 0.1) is 23.3 Å². The average molecular weight is 717 g/mol. The van der Waals surface area contributed by atoms with Gasteiger partial charge in [0.25, 0.3) is 0 Å². The molecule has 9 heteroatoms. The summed E-state index contributed by atoms with van der Waals surface area (Å²) in [6.45, 7) is 25.7. The molecule has 1 saturated heterocycles. The Labute approximate surface area is 303 Å². The Morgan fingerprint density at radius 2 is 1.58 bits per heavy atom. The molecule has 5 aliphatic carbocycles. The number of aliphatic carboxylic acids is 1. The highest BCUT2D eigenvalue weighted by Crippen LogP contribution is 2.76. The molecule has 0 amide bonds. The van der Waals surface area contributed by atoms with Gasteiger partial charge in [-0.15, -0.1) is 0 Å². The van der Waals surface area contributed by atoms with Crippen LogP contribution >= 0.6 is 0 Å². The summed E-state index contributed by atoms with van der Waals surface area (Å²) in [4.78, 5) is 27.1. The molecule has 0 aromatic heterocycles. The van der Waals surface area contributed by atoms with Crippen molar-refractivity contribution in [2.75, 3.05) is 37.7 Å². The van der Waals surface area contributed by atoms with Gasteiger partial charge in [-0.05, 0) is 131 Å². The van der Waals surface area contributed by atoms with E-state index in [1.54, 1.807) is 13.8 Å². The quantitative estimate of drug-likeness (QED) is 0.192. The van der Waals surface area contributed by atoms with E-state index in [1.807, 2.05) is 0 Å². The first-order valence-corrected chi connectivity index (χ1v) is 21.7. The molecule has 6 fully saturated rings. The third kappa shape index (κ3) is 6.13. The monoisotopic (exact) mass is 716 g/mol. The molecule has 8 nitrogen and oxygen atoms in total. The number of rotatable bonds is 9. The first-order chi connectivity index (χ1) is 23.1. The second-order valence-corrected chi connectivity index (χ2v) is 22.3. The summed E-state index contributed by atoms with van der Waals surface area (Å²) in [6.07, 6.45) is 11.3. The van der Waals surface area contributed by atoms with Gasteiger partial charge in [0.1, 0.15) is 6.10 Å². The number of fused-ring (bicyclic) bond motifs is 7. The number of nitrogens with zero attached hydrogens (tertiary/aromatic N) is 1. The van der Waals surface area contributed by atoms with E-state index >= 15 is 0 Å². The number of allylic oxidation sites excluding steroid dienone is 1. The molecule has 10 atom stereocenters. The van der Waals surface area contributed by atoms with Gasteiger partial charge in [-0.25, -0.2) is 8.42 Å². The van der Waals surface area contributed by atoms with E-state index in [4.69, 9.17) is 4.74 Å². The Balaban J connectivity index is 1.20. The molecule has 0 aromatic rings. The molecule has 6 aliphatic rings. The molecular formula is C41H68N2O6S. The van der Waals surface area contributed by atoms with Crippen molar-refractivity contribution >= 4 is 21.8 Å². The number of ether oxygens (including phenoxy) is 1. The minimum Gasteiger partial charge on any atom is -0.481 e. The standard InChI is InChI=1S/C41H68N2O6S/c1-27(2)28-12-17-41(42-20-21-43-22-24-50(47,48)25-23-43)19-18-39(8)29(34(28)41)10-11-31-38(7)15-14-32(49-33(44)26-36(3,4)35(45)46)37(5,6)30(38)13-16-40(31,39)9/h28-32,34,42H,1,10-26H2,2-9H3,(H,45,46)/t28-,29+,30-,31?,32-,34+,38-,39+,40+,41-/m0/s1. The van der Waals surface area contributed by atoms with Gasteiger partial charge in [0.15, 0.2) is 9.84 Å². The molecule has 0 aromatic carbocycles. The van der Waals surface area contributed by atoms with E-state index in [0.29, 0.717) is 42.7 Å². The topological polar surface area (TPSA) is 113 Å². The van der Waals surface area contributed by atoms with Crippen molar-refractivity contribution < 1.29 is 27.9 Å². The molecular weight excluding hydrogens is 649 g/mol. The third-order valence-electron chi connectivity index (χ3n) is 16.8. The van der Waals surface area contributed by atoms with Gasteiger partial charge < -0.3 is 20.1 Å². The SMILES string of the molecule is C=C(C)[C@@H]1CC[C@]2(NCCN3CCS(=O)(=O)CC3)CC[C@]3(C)[C@H](CCC4[C@@]5(C)CC[C@H](OC(=O)CC(C)(C)C(=O)O)C(C)(C)[C@@H]5CC[C@]43C)[C@@H]12. The first-order valence-electron chi connectivity index (χ1n) is 19.9. The van der Waals surface area contributed by atoms with Crippen LogP contribution in [-0.4, -0.2) is 79.7 Å². The largest absolute Gasteiger partial charge is 0.481 e. The molecule has 50 heavy (non-hydrogen) atoms. The summed E-state index contributed by atoms with van der Waals surface area (Å²) in [6, 6.07) is 0. The predicted octanol–water partition coefficient (Wildman–Crippen LogP) is 7.13. The van der Waals surface area contributed by atoms with Crippen LogP contribution < -0.4 is 5.32 Å². The lowest BCUT2D eigenvalue weighted by Gasteiger charge is -2.73. The van der Waals surface area contributed by atoms with Crippen LogP contribution in [0.4, 0.5) is 0 Å². The average Bonchev–Trinajstić information content (AvgIpc) is 3.39. The highest BCUT2D eigenvalue weighted by molar-refractivity contribution is 7.91. The number of carbonyl (C=O) groups excluding carboxylic acids is 1. The van der Waals surface area contributed by atoms with Gasteiger partial charge in [-0.1, -0.05) is 46.8 Å². The fraction of sp³-hybridized carbons (Fsp3) is 0.902. The van der Waals surface area contributed by atoms with Crippen LogP contribution in [0.1, 0.15) is 126 Å². The molecule has 1 heterocycles. The van der Waals surface area contributed by atoms with Gasteiger partial charge in [0, 0.05) is 37.1 Å². The van der Waals surface area contributed by atoms with Gasteiger partial charge in [0.2, 0.25) is 0 Å². The lowest BCUT2D eigenvalue weighted by Crippen LogP contribution is -2.69. The van der Waals surface area contributed by atoms with Crippen LogP contribution in [0, 0.1) is 56.7 Å². The van der Waals surface area contributed by atoms with E-state index in [-0.39, 0.29) is 57.2 Å². The maximum atomic E-state index is 13.1. The number of carboxylic acids is 1. The number of carbonyl (C=O) groups is 2. The molecule has 1 aliphatic heterocycles. The number of hydrogen-bond donors (Lipinski definition) is 2. The Kier molecular flexibility index (Phi) is 9.84. The maximum absolute atomic E-state index is 13.1. The van der Waals surface area contributed by atoms with Crippen molar-refractivity contribution in [3.05, 3.63) is 12.2 Å². The van der Waals surface area contributed by atoms with Crippen molar-refractivity contribution in [2.45, 2.75) is 138 Å². The molecule has 5 saturated carbocycles. The highest BCUT2D eigenvalue weighted by atomic mass is 32.2. The van der Waals surface area contributed by atoms with E-state index < -0.39 is 21.2 Å². The first kappa shape index (κ1) is 38.3. The Hall–Kier alpha value is -1.45. The number of nitrogens with one attached hydrogen (secondary N) is 1. The van der Waals surface area contributed by atoms with Crippen molar-refractivity contribution in [3.63, 3.8) is 0 Å². The van der Waals surface area contributed by atoms with Crippen molar-refractivity contribution in [1.82, 2.24) is 10.2 Å². The van der Waals surface area contributed by atoms with Crippen LogP contribution in [0.5, 0.6) is 0 Å². The zero-order valence-corrected chi connectivity index (χ0v) is 33.4. The normalized spacial score (nSPS) is 43.8. The number of esters is 1. The number of hydrogen-bond acceptors (Lipinski definition) is 7. The molecule has 2 N–H and O–H groups in total. The second kappa shape index (κ2) is 12.8. The van der Waals surface area contributed by atoms with Crippen LogP contribution in [0.25, 0.3) is 0 Å². The van der Waals surface area contributed by atoms with E-state index in [9.17, 15) is 23.1 Å². The van der Waals surface area contributed by atoms with Crippen molar-refractivity contribution in [2.24, 2.45) is 56.7 Å². The number of carboxylic acid groups (broad SMARTS) is 1. The summed E-state index contributed by atoms with van der Waals surface area (Å²) in [7, 11) is -2.87. The van der Waals surface area contributed by atoms with Crippen molar-refractivity contribution in [1.29, 1.82) is 0 Å². The minimum absolute atomic E-state index is 0.109. The van der Waals surface area contributed by atoms with E-state index in [1.165, 1.54) is 50.5 Å². The Morgan fingerprint density at radius 1 is 0.900 bits per heavy atom. The fourth-order valence-electron chi connectivity index (χ4n) is 13.7. The molecule has 0 radical (unpaired) electrons. The summed E-state index contributed by atoms with van der Waals surface area (Å²) in [5.74, 6) is 2.00. The number of sulfone groups is 1. The molecule has 6 rings (SSSR count). The lowest BCUT2D eigenvalue weighted by atomic mass is 9.32.